The number of esters is 1. The second-order valence-corrected chi connectivity index (χ2v) is 17.9. The van der Waals surface area contributed by atoms with Gasteiger partial charge in [0.2, 0.25) is 6.61 Å². The maximum absolute atomic E-state index is 14.2. The zero-order chi connectivity index (χ0) is 42.4. The van der Waals surface area contributed by atoms with Crippen LogP contribution in [-0.2, 0) is 41.3 Å². The molecule has 0 spiro atoms. The van der Waals surface area contributed by atoms with E-state index < -0.39 is 52.9 Å². The molecule has 3 N–H and O–H groups in total. The molecule has 2 amide bonds. The van der Waals surface area contributed by atoms with E-state index in [-0.39, 0.29) is 41.1 Å². The molecular formula is C44H43IN6O7S3. The number of benzene rings is 3. The minimum Gasteiger partial charge on any atom is -1.00 e. The Labute approximate surface area is 383 Å². The van der Waals surface area contributed by atoms with E-state index in [0.717, 1.165) is 21.6 Å². The molecule has 1 saturated heterocycles. The first-order valence-electron chi connectivity index (χ1n) is 19.0. The van der Waals surface area contributed by atoms with E-state index in [4.69, 9.17) is 14.6 Å². The third kappa shape index (κ3) is 10.3. The van der Waals surface area contributed by atoms with Gasteiger partial charge >= 0.3 is 11.9 Å². The van der Waals surface area contributed by atoms with Crippen LogP contribution in [0.4, 0.5) is 5.13 Å². The highest BCUT2D eigenvalue weighted by Gasteiger charge is 2.54. The van der Waals surface area contributed by atoms with Gasteiger partial charge in [0, 0.05) is 33.9 Å². The topological polar surface area (TPSA) is 163 Å². The van der Waals surface area contributed by atoms with Crippen LogP contribution in [0, 0.1) is 0 Å². The fraction of sp³-hybridized carbons (Fsp3) is 0.250. The predicted molar refractivity (Wildman–Crippen MR) is 231 cm³/mol. The lowest BCUT2D eigenvalue weighted by atomic mass is 9.77. The van der Waals surface area contributed by atoms with Crippen molar-refractivity contribution >= 4 is 69.5 Å². The summed E-state index contributed by atoms with van der Waals surface area (Å²) < 4.78 is 7.26. The van der Waals surface area contributed by atoms with Crippen molar-refractivity contribution in [1.82, 2.24) is 15.2 Å². The summed E-state index contributed by atoms with van der Waals surface area (Å²) in [5.41, 5.74) is 1.48. The fourth-order valence-corrected chi connectivity index (χ4v) is 9.98. The molecule has 0 aliphatic carbocycles. The molecule has 0 bridgehead atoms. The minimum absolute atomic E-state index is 0. The van der Waals surface area contributed by atoms with Gasteiger partial charge in [-0.15, -0.1) is 34.9 Å². The van der Waals surface area contributed by atoms with Crippen molar-refractivity contribution in [2.24, 2.45) is 12.2 Å². The number of β-lactam (4-membered cyclic amide) rings is 1. The summed E-state index contributed by atoms with van der Waals surface area (Å²) in [6.07, 6.45) is 3.81. The van der Waals surface area contributed by atoms with E-state index in [1.165, 1.54) is 39.8 Å². The smallest absolute Gasteiger partial charge is 0.352 e. The van der Waals surface area contributed by atoms with Crippen molar-refractivity contribution in [2.75, 3.05) is 23.4 Å². The van der Waals surface area contributed by atoms with Crippen LogP contribution in [0.25, 0.3) is 0 Å². The number of fused-ring (bicyclic) bond motifs is 1. The highest BCUT2D eigenvalue weighted by molar-refractivity contribution is 8.01. The first-order valence-corrected chi connectivity index (χ1v) is 21.9. The number of carboxylic acid groups (broad SMARTS) is 1. The maximum atomic E-state index is 14.2. The lowest BCUT2D eigenvalue weighted by Gasteiger charge is -2.49. The number of halogens is 1. The molecule has 61 heavy (non-hydrogen) atoms. The summed E-state index contributed by atoms with van der Waals surface area (Å²) in [6.45, 7) is 4.56. The number of amides is 2. The minimum atomic E-state index is -1.22. The van der Waals surface area contributed by atoms with Gasteiger partial charge in [0.05, 0.1) is 0 Å². The number of nitrogens with one attached hydrogen (secondary N) is 2. The van der Waals surface area contributed by atoms with Gasteiger partial charge in [-0.25, -0.2) is 19.1 Å². The van der Waals surface area contributed by atoms with Crippen LogP contribution in [0.15, 0.2) is 142 Å². The highest BCUT2D eigenvalue weighted by atomic mass is 127. The molecule has 2 atom stereocenters. The maximum Gasteiger partial charge on any atom is 0.352 e. The number of oxime groups is 1. The summed E-state index contributed by atoms with van der Waals surface area (Å²) in [4.78, 5) is 65.4. The number of rotatable bonds is 15. The first kappa shape index (κ1) is 45.3. The molecule has 1 fully saturated rings. The Kier molecular flexibility index (Phi) is 14.6. The molecule has 13 nitrogen and oxygen atoms in total. The molecule has 5 aromatic rings. The number of thiazole rings is 1. The summed E-state index contributed by atoms with van der Waals surface area (Å²) in [6, 6.07) is 32.7. The largest absolute Gasteiger partial charge is 1.00 e. The number of pyridine rings is 1. The van der Waals surface area contributed by atoms with Crippen LogP contribution in [-0.4, -0.2) is 79.6 Å². The Hall–Kier alpha value is -5.24. The number of nitrogens with zero attached hydrogens (tertiary/aromatic N) is 4. The van der Waals surface area contributed by atoms with Crippen LogP contribution in [0.5, 0.6) is 0 Å². The SMILES string of the molecule is C[n+]1ccc(SCC2=C(C(=O)O)N3C(=O)[C@@H](NC(=O)/C(=N\OCC(=O)OC(C)(C)C)c4csc(NC(c5ccccc5)(c5ccccc5)c5ccccc5)n4)[C@H]3SC2)cc1.[I-]. The number of aromatic nitrogens is 2. The van der Waals surface area contributed by atoms with Gasteiger partial charge in [-0.05, 0) is 43.0 Å². The molecule has 0 radical (unpaired) electrons. The van der Waals surface area contributed by atoms with Gasteiger partial charge < -0.3 is 49.3 Å². The molecule has 7 rings (SSSR count). The van der Waals surface area contributed by atoms with Gasteiger partial charge in [0.25, 0.3) is 11.8 Å². The zero-order valence-corrected chi connectivity index (χ0v) is 38.2. The number of aliphatic carboxylic acids is 1. The number of aryl methyl sites for hydroxylation is 1. The number of carbonyl (C=O) groups is 4. The average molecular weight is 991 g/mol. The Morgan fingerprint density at radius 2 is 1.51 bits per heavy atom. The van der Waals surface area contributed by atoms with Crippen molar-refractivity contribution in [1.29, 1.82) is 0 Å². The third-order valence-corrected chi connectivity index (χ3v) is 12.7. The van der Waals surface area contributed by atoms with Crippen molar-refractivity contribution in [3.8, 4) is 0 Å². The van der Waals surface area contributed by atoms with Crippen molar-refractivity contribution in [3.05, 3.63) is 155 Å². The molecule has 2 aliphatic rings. The van der Waals surface area contributed by atoms with Gasteiger partial charge in [-0.2, -0.15) is 0 Å². The molecule has 4 heterocycles. The van der Waals surface area contributed by atoms with Crippen LogP contribution < -0.4 is 39.2 Å². The van der Waals surface area contributed by atoms with Gasteiger partial charge in [0.1, 0.15) is 41.0 Å². The quantitative estimate of drug-likeness (QED) is 0.0207. The molecule has 2 aromatic heterocycles. The average Bonchev–Trinajstić information content (AvgIpc) is 3.70. The molecule has 3 aromatic carbocycles. The number of hydrogen-bond acceptors (Lipinski definition) is 12. The summed E-state index contributed by atoms with van der Waals surface area (Å²) in [7, 11) is 1.91. The normalized spacial score (nSPS) is 16.4. The number of carboxylic acids is 1. The molecule has 316 valence electrons. The van der Waals surface area contributed by atoms with Gasteiger partial charge in [-0.3, -0.25) is 14.5 Å². The highest BCUT2D eigenvalue weighted by Crippen LogP contribution is 2.43. The summed E-state index contributed by atoms with van der Waals surface area (Å²) in [5, 5.41) is 22.2. The van der Waals surface area contributed by atoms with Crippen LogP contribution in [0.3, 0.4) is 0 Å². The van der Waals surface area contributed by atoms with Crippen molar-refractivity contribution in [2.45, 2.75) is 48.2 Å². The van der Waals surface area contributed by atoms with Crippen LogP contribution in [0.2, 0.25) is 0 Å². The van der Waals surface area contributed by atoms with E-state index in [9.17, 15) is 24.3 Å². The standard InChI is InChI=1S/C44H42N6O7S3.HI/c1-43(2,3)57-34(51)24-56-48-35(38(52)46-36-39(53)50-37(41(54)55)28(26-59-40(36)50)25-58-32-20-22-49(4)23-21-32)33-27-60-42(45-33)47-44(29-14-8-5-9-15-29,30-16-10-6-11-17-30)31-18-12-7-13-19-31;/h5-23,27,36,40H,24-26H2,1-4H3,(H2-,45,46,47,52,54,55);1H/b48-35-;/t36-,40-;/m1./s1. The number of thioether (sulfide) groups is 2. The molecular weight excluding hydrogens is 948 g/mol. The van der Waals surface area contributed by atoms with Crippen molar-refractivity contribution in [3.63, 3.8) is 0 Å². The predicted octanol–water partition coefficient (Wildman–Crippen LogP) is 2.97. The Morgan fingerprint density at radius 1 is 0.934 bits per heavy atom. The molecule has 0 unspecified atom stereocenters. The number of ether oxygens (including phenoxy) is 1. The Bertz CT molecular complexity index is 2330. The molecule has 2 aliphatic heterocycles. The second kappa shape index (κ2) is 19.6. The van der Waals surface area contributed by atoms with Gasteiger partial charge in [0.15, 0.2) is 23.2 Å². The molecule has 17 heteroatoms. The monoisotopic (exact) mass is 990 g/mol. The van der Waals surface area contributed by atoms with Crippen LogP contribution >= 0.6 is 34.9 Å². The van der Waals surface area contributed by atoms with E-state index in [0.29, 0.717) is 22.2 Å². The lowest BCUT2D eigenvalue weighted by molar-refractivity contribution is -0.671. The third-order valence-electron chi connectivity index (χ3n) is 9.53. The zero-order valence-electron chi connectivity index (χ0n) is 33.6. The summed E-state index contributed by atoms with van der Waals surface area (Å²) in [5.74, 6) is -2.55. The summed E-state index contributed by atoms with van der Waals surface area (Å²) >= 11 is 4.09. The van der Waals surface area contributed by atoms with Crippen LogP contribution in [0.1, 0.15) is 43.2 Å². The Balaban J connectivity index is 0.00000622. The van der Waals surface area contributed by atoms with E-state index in [1.807, 2.05) is 127 Å². The second-order valence-electron chi connectivity index (χ2n) is 14.9. The van der Waals surface area contributed by atoms with Crippen molar-refractivity contribution < 1.29 is 62.4 Å². The number of hydrogen-bond donors (Lipinski definition) is 3. The fourth-order valence-electron chi connectivity index (χ4n) is 6.86. The van der Waals surface area contributed by atoms with E-state index in [2.05, 4.69) is 15.8 Å². The van der Waals surface area contributed by atoms with E-state index in [1.54, 1.807) is 26.2 Å². The molecule has 0 saturated carbocycles. The Morgan fingerprint density at radius 3 is 2.05 bits per heavy atom. The number of carbonyl (C=O) groups excluding carboxylic acids is 3. The lowest BCUT2D eigenvalue weighted by Crippen LogP contribution is -3.00. The van der Waals surface area contributed by atoms with E-state index >= 15 is 0 Å². The van der Waals surface area contributed by atoms with Gasteiger partial charge in [-0.1, -0.05) is 96.2 Å². The number of anilines is 1. The first-order chi connectivity index (χ1) is 28.8.